The normalized spacial score (nSPS) is 10.7. The molecule has 146 valence electrons. The van der Waals surface area contributed by atoms with Gasteiger partial charge in [0.1, 0.15) is 5.82 Å². The van der Waals surface area contributed by atoms with E-state index in [0.29, 0.717) is 17.2 Å². The molecule has 0 aliphatic heterocycles. The molecule has 0 saturated heterocycles. The van der Waals surface area contributed by atoms with E-state index in [1.165, 1.54) is 0 Å². The number of nitrogens with zero attached hydrogens (tertiary/aromatic N) is 2. The SMILES string of the molecule is COc1ccccc1OCC(=O)Nc1ccc(-c2nc3ccccc3n2C)cc1. The number of carbonyl (C=O) groups excluding carboxylic acids is 1. The largest absolute Gasteiger partial charge is 0.493 e. The molecule has 1 N–H and O–H groups in total. The minimum Gasteiger partial charge on any atom is -0.493 e. The Kier molecular flexibility index (Phi) is 5.16. The maximum atomic E-state index is 12.2. The van der Waals surface area contributed by atoms with Gasteiger partial charge in [0.15, 0.2) is 18.1 Å². The Labute approximate surface area is 168 Å². The van der Waals surface area contributed by atoms with Crippen LogP contribution in [0, 0.1) is 0 Å². The van der Waals surface area contributed by atoms with E-state index in [9.17, 15) is 4.79 Å². The molecule has 0 aliphatic rings. The van der Waals surface area contributed by atoms with E-state index >= 15 is 0 Å². The highest BCUT2D eigenvalue weighted by Gasteiger charge is 2.10. The number of amides is 1. The molecule has 1 aromatic heterocycles. The molecule has 0 aliphatic carbocycles. The number of anilines is 1. The highest BCUT2D eigenvalue weighted by molar-refractivity contribution is 5.92. The number of fused-ring (bicyclic) bond motifs is 1. The Bertz CT molecular complexity index is 1150. The van der Waals surface area contributed by atoms with E-state index in [1.54, 1.807) is 19.2 Å². The first-order valence-corrected chi connectivity index (χ1v) is 9.23. The molecule has 0 radical (unpaired) electrons. The second-order valence-electron chi connectivity index (χ2n) is 6.55. The molecule has 1 amide bonds. The van der Waals surface area contributed by atoms with Crippen LogP contribution < -0.4 is 14.8 Å². The number of methoxy groups -OCH3 is 1. The lowest BCUT2D eigenvalue weighted by molar-refractivity contribution is -0.118. The molecule has 0 fully saturated rings. The Morgan fingerprint density at radius 2 is 1.66 bits per heavy atom. The van der Waals surface area contributed by atoms with Gasteiger partial charge >= 0.3 is 0 Å². The van der Waals surface area contributed by atoms with Crippen molar-refractivity contribution in [3.05, 3.63) is 72.8 Å². The number of rotatable bonds is 6. The van der Waals surface area contributed by atoms with Crippen LogP contribution in [0.4, 0.5) is 5.69 Å². The van der Waals surface area contributed by atoms with Crippen molar-refractivity contribution < 1.29 is 14.3 Å². The summed E-state index contributed by atoms with van der Waals surface area (Å²) in [7, 11) is 3.56. The summed E-state index contributed by atoms with van der Waals surface area (Å²) in [4.78, 5) is 16.9. The molecule has 4 aromatic rings. The average molecular weight is 387 g/mol. The fraction of sp³-hybridized carbons (Fsp3) is 0.130. The number of para-hydroxylation sites is 4. The molecule has 29 heavy (non-hydrogen) atoms. The van der Waals surface area contributed by atoms with Gasteiger partial charge < -0.3 is 19.4 Å². The van der Waals surface area contributed by atoms with Crippen molar-refractivity contribution in [1.29, 1.82) is 0 Å². The molecular weight excluding hydrogens is 366 g/mol. The predicted octanol–water partition coefficient (Wildman–Crippen LogP) is 4.27. The van der Waals surface area contributed by atoms with E-state index in [2.05, 4.69) is 9.88 Å². The number of aromatic nitrogens is 2. The number of ether oxygens (including phenoxy) is 2. The summed E-state index contributed by atoms with van der Waals surface area (Å²) >= 11 is 0. The van der Waals surface area contributed by atoms with Gasteiger partial charge in [0, 0.05) is 18.3 Å². The van der Waals surface area contributed by atoms with E-state index in [1.807, 2.05) is 67.7 Å². The third-order valence-electron chi connectivity index (χ3n) is 4.64. The molecule has 4 rings (SSSR count). The zero-order valence-electron chi connectivity index (χ0n) is 16.3. The first-order chi connectivity index (χ1) is 14.2. The molecule has 6 heteroatoms. The summed E-state index contributed by atoms with van der Waals surface area (Å²) in [6, 6.07) is 22.8. The Balaban J connectivity index is 1.42. The first-order valence-electron chi connectivity index (χ1n) is 9.23. The van der Waals surface area contributed by atoms with Gasteiger partial charge in [-0.3, -0.25) is 4.79 Å². The van der Waals surface area contributed by atoms with Crippen molar-refractivity contribution >= 4 is 22.6 Å². The highest BCUT2D eigenvalue weighted by atomic mass is 16.5. The van der Waals surface area contributed by atoms with E-state index < -0.39 is 0 Å². The number of imidazole rings is 1. The summed E-state index contributed by atoms with van der Waals surface area (Å²) in [6.07, 6.45) is 0. The lowest BCUT2D eigenvalue weighted by Crippen LogP contribution is -2.20. The van der Waals surface area contributed by atoms with Gasteiger partial charge in [0.25, 0.3) is 5.91 Å². The molecular formula is C23H21N3O3. The van der Waals surface area contributed by atoms with Gasteiger partial charge in [-0.05, 0) is 48.5 Å². The van der Waals surface area contributed by atoms with Crippen LogP contribution >= 0.6 is 0 Å². The average Bonchev–Trinajstić information content (AvgIpc) is 3.10. The van der Waals surface area contributed by atoms with Crippen LogP contribution in [-0.4, -0.2) is 29.2 Å². The van der Waals surface area contributed by atoms with Crippen molar-refractivity contribution in [2.45, 2.75) is 0 Å². The monoisotopic (exact) mass is 387 g/mol. The van der Waals surface area contributed by atoms with Crippen LogP contribution in [0.2, 0.25) is 0 Å². The third-order valence-corrected chi connectivity index (χ3v) is 4.64. The predicted molar refractivity (Wildman–Crippen MR) is 113 cm³/mol. The quantitative estimate of drug-likeness (QED) is 0.537. The van der Waals surface area contributed by atoms with Crippen LogP contribution in [0.15, 0.2) is 72.8 Å². The highest BCUT2D eigenvalue weighted by Crippen LogP contribution is 2.26. The summed E-state index contributed by atoms with van der Waals surface area (Å²) in [5, 5.41) is 2.84. The van der Waals surface area contributed by atoms with Crippen LogP contribution in [0.3, 0.4) is 0 Å². The Morgan fingerprint density at radius 1 is 0.966 bits per heavy atom. The van der Waals surface area contributed by atoms with Crippen molar-refractivity contribution in [2.24, 2.45) is 7.05 Å². The smallest absolute Gasteiger partial charge is 0.262 e. The summed E-state index contributed by atoms with van der Waals surface area (Å²) in [5.74, 6) is 1.75. The number of carbonyl (C=O) groups is 1. The van der Waals surface area contributed by atoms with Gasteiger partial charge in [-0.2, -0.15) is 0 Å². The van der Waals surface area contributed by atoms with Gasteiger partial charge in [0.05, 0.1) is 18.1 Å². The van der Waals surface area contributed by atoms with Crippen LogP contribution in [-0.2, 0) is 11.8 Å². The molecule has 6 nitrogen and oxygen atoms in total. The summed E-state index contributed by atoms with van der Waals surface area (Å²) in [6.45, 7) is -0.104. The fourth-order valence-electron chi connectivity index (χ4n) is 3.18. The first kappa shape index (κ1) is 18.6. The van der Waals surface area contributed by atoms with Gasteiger partial charge in [0.2, 0.25) is 0 Å². The number of aryl methyl sites for hydroxylation is 1. The van der Waals surface area contributed by atoms with E-state index in [0.717, 1.165) is 22.4 Å². The van der Waals surface area contributed by atoms with Gasteiger partial charge in [-0.25, -0.2) is 4.98 Å². The molecule has 3 aromatic carbocycles. The lowest BCUT2D eigenvalue weighted by atomic mass is 10.2. The van der Waals surface area contributed by atoms with Crippen molar-refractivity contribution in [1.82, 2.24) is 9.55 Å². The maximum Gasteiger partial charge on any atom is 0.262 e. The molecule has 0 atom stereocenters. The zero-order valence-corrected chi connectivity index (χ0v) is 16.3. The summed E-state index contributed by atoms with van der Waals surface area (Å²) < 4.78 is 12.8. The van der Waals surface area contributed by atoms with Crippen molar-refractivity contribution in [3.8, 4) is 22.9 Å². The van der Waals surface area contributed by atoms with Crippen molar-refractivity contribution in [2.75, 3.05) is 19.0 Å². The third kappa shape index (κ3) is 3.91. The Morgan fingerprint density at radius 3 is 2.38 bits per heavy atom. The van der Waals surface area contributed by atoms with Crippen LogP contribution in [0.25, 0.3) is 22.4 Å². The number of nitrogens with one attached hydrogen (secondary N) is 1. The molecule has 0 unspecified atom stereocenters. The minimum atomic E-state index is -0.244. The van der Waals surface area contributed by atoms with E-state index in [-0.39, 0.29) is 12.5 Å². The standard InChI is InChI=1S/C23H21N3O3/c1-26-19-8-4-3-7-18(19)25-23(26)16-11-13-17(14-12-16)24-22(27)15-29-21-10-6-5-9-20(21)28-2/h3-14H,15H2,1-2H3,(H,24,27). The second kappa shape index (κ2) is 8.06. The number of hydrogen-bond donors (Lipinski definition) is 1. The molecule has 0 spiro atoms. The van der Waals surface area contributed by atoms with Crippen molar-refractivity contribution in [3.63, 3.8) is 0 Å². The number of benzene rings is 3. The van der Waals surface area contributed by atoms with E-state index in [4.69, 9.17) is 14.5 Å². The van der Waals surface area contributed by atoms with Crippen LogP contribution in [0.5, 0.6) is 11.5 Å². The second-order valence-corrected chi connectivity index (χ2v) is 6.55. The van der Waals surface area contributed by atoms with Crippen LogP contribution in [0.1, 0.15) is 0 Å². The topological polar surface area (TPSA) is 65.4 Å². The Hall–Kier alpha value is -3.80. The molecule has 0 bridgehead atoms. The number of hydrogen-bond acceptors (Lipinski definition) is 4. The maximum absolute atomic E-state index is 12.2. The molecule has 0 saturated carbocycles. The lowest BCUT2D eigenvalue weighted by Gasteiger charge is -2.11. The fourth-order valence-corrected chi connectivity index (χ4v) is 3.18. The molecule has 1 heterocycles. The van der Waals surface area contributed by atoms with Gasteiger partial charge in [-0.1, -0.05) is 24.3 Å². The summed E-state index contributed by atoms with van der Waals surface area (Å²) in [5.41, 5.74) is 3.71. The zero-order chi connectivity index (χ0) is 20.2. The van der Waals surface area contributed by atoms with Gasteiger partial charge in [-0.15, -0.1) is 0 Å². The minimum absolute atomic E-state index is 0.104.